The fraction of sp³-hybridized carbons (Fsp3) is 0.138. The van der Waals surface area contributed by atoms with Crippen LogP contribution in [-0.2, 0) is 4.74 Å². The van der Waals surface area contributed by atoms with Gasteiger partial charge in [0.25, 0.3) is 0 Å². The molecule has 170 valence electrons. The molecule has 0 saturated carbocycles. The fourth-order valence-corrected chi connectivity index (χ4v) is 4.25. The summed E-state index contributed by atoms with van der Waals surface area (Å²) < 4.78 is 14.7. The van der Waals surface area contributed by atoms with E-state index in [-0.39, 0.29) is 0 Å². The van der Waals surface area contributed by atoms with Crippen molar-refractivity contribution in [3.63, 3.8) is 0 Å². The number of carbonyl (C=O) groups excluding carboxylic acids is 1. The Labute approximate surface area is 199 Å². The number of benzene rings is 3. The first-order chi connectivity index (χ1) is 16.7. The zero-order valence-electron chi connectivity index (χ0n) is 19.3. The Morgan fingerprint density at radius 3 is 2.26 bits per heavy atom. The summed E-state index contributed by atoms with van der Waals surface area (Å²) in [6.07, 6.45) is 1.55. The number of amides is 1. The summed E-state index contributed by atoms with van der Waals surface area (Å²) >= 11 is 0. The van der Waals surface area contributed by atoms with Gasteiger partial charge in [0.1, 0.15) is 0 Å². The van der Waals surface area contributed by atoms with Crippen LogP contribution in [0.4, 0.5) is 4.79 Å². The molecule has 5 nitrogen and oxygen atoms in total. The number of ether oxygens (including phenoxy) is 2. The van der Waals surface area contributed by atoms with E-state index in [4.69, 9.17) is 9.47 Å². The van der Waals surface area contributed by atoms with Gasteiger partial charge in [0.05, 0.1) is 11.4 Å². The number of nitrogens with zero attached hydrogens (tertiary/aromatic N) is 2. The van der Waals surface area contributed by atoms with Crippen molar-refractivity contribution in [1.29, 1.82) is 0 Å². The van der Waals surface area contributed by atoms with Crippen LogP contribution in [0.2, 0.25) is 0 Å². The zero-order chi connectivity index (χ0) is 23.5. The van der Waals surface area contributed by atoms with E-state index in [1.165, 1.54) is 0 Å². The number of aromatic nitrogens is 1. The molecule has 1 aromatic heterocycles. The molecule has 0 fully saturated rings. The molecule has 0 N–H and O–H groups in total. The molecule has 5 rings (SSSR count). The molecule has 0 saturated heterocycles. The number of hydrogen-bond acceptors (Lipinski definition) is 3. The third-order valence-electron chi connectivity index (χ3n) is 5.99. The summed E-state index contributed by atoms with van der Waals surface area (Å²) in [6.45, 7) is 4.99. The van der Waals surface area contributed by atoms with Crippen LogP contribution in [0.15, 0.2) is 97.2 Å². The highest BCUT2D eigenvalue weighted by molar-refractivity contribution is 5.94. The minimum Gasteiger partial charge on any atom is -0.450 e. The smallest absolute Gasteiger partial charge is 0.415 e. The van der Waals surface area contributed by atoms with Gasteiger partial charge >= 0.3 is 6.09 Å². The maximum absolute atomic E-state index is 13.1. The Hall–Kier alpha value is -4.25. The largest absolute Gasteiger partial charge is 0.450 e. The molecule has 3 aromatic carbocycles. The number of carbonyl (C=O) groups is 1. The van der Waals surface area contributed by atoms with Gasteiger partial charge in [-0.2, -0.15) is 0 Å². The monoisotopic (exact) mass is 450 g/mol. The van der Waals surface area contributed by atoms with Crippen LogP contribution in [0.1, 0.15) is 25.1 Å². The summed E-state index contributed by atoms with van der Waals surface area (Å²) in [5, 5.41) is 0. The Morgan fingerprint density at radius 2 is 1.50 bits per heavy atom. The molecular formula is C29H26N2O3. The molecule has 1 aliphatic rings. The average Bonchev–Trinajstić information content (AvgIpc) is 3.33. The van der Waals surface area contributed by atoms with Crippen LogP contribution in [0, 0.1) is 0 Å². The standard InChI is InChI=1S/C29H26N2O3/c1-3-30(4-2)29(32)34-28-25-18-12-20-31(25)24-17-10-11-19-26(24)33-27(28)23-16-9-8-15-22(23)21-13-6-5-7-14-21/h5-20H,3-4H2,1-2H3. The molecule has 5 heteroatoms. The lowest BCUT2D eigenvalue weighted by atomic mass is 9.97. The van der Waals surface area contributed by atoms with Crippen molar-refractivity contribution in [3.05, 3.63) is 108 Å². The third kappa shape index (κ3) is 3.86. The summed E-state index contributed by atoms with van der Waals surface area (Å²) in [4.78, 5) is 14.8. The second kappa shape index (κ2) is 9.32. The molecule has 0 radical (unpaired) electrons. The fourth-order valence-electron chi connectivity index (χ4n) is 4.25. The molecule has 34 heavy (non-hydrogen) atoms. The van der Waals surface area contributed by atoms with Gasteiger partial charge in [-0.3, -0.25) is 0 Å². The Bertz CT molecular complexity index is 1350. The quantitative estimate of drug-likeness (QED) is 0.334. The molecular weight excluding hydrogens is 424 g/mol. The van der Waals surface area contributed by atoms with Gasteiger partial charge < -0.3 is 18.9 Å². The summed E-state index contributed by atoms with van der Waals surface area (Å²) in [5.74, 6) is 1.58. The summed E-state index contributed by atoms with van der Waals surface area (Å²) in [7, 11) is 0. The molecule has 1 amide bonds. The molecule has 0 spiro atoms. The maximum Gasteiger partial charge on any atom is 0.415 e. The second-order valence-corrected chi connectivity index (χ2v) is 7.94. The van der Waals surface area contributed by atoms with Gasteiger partial charge in [0.2, 0.25) is 0 Å². The summed E-state index contributed by atoms with van der Waals surface area (Å²) in [6, 6.07) is 29.9. The highest BCUT2D eigenvalue weighted by Gasteiger charge is 2.29. The van der Waals surface area contributed by atoms with Crippen LogP contribution >= 0.6 is 0 Å². The lowest BCUT2D eigenvalue weighted by molar-refractivity contribution is 0.147. The highest BCUT2D eigenvalue weighted by Crippen LogP contribution is 2.41. The molecule has 2 heterocycles. The predicted molar refractivity (Wildman–Crippen MR) is 134 cm³/mol. The minimum atomic E-state index is -0.406. The normalized spacial score (nSPS) is 12.3. The number of hydrogen-bond donors (Lipinski definition) is 0. The van der Waals surface area contributed by atoms with Gasteiger partial charge in [-0.15, -0.1) is 0 Å². The van der Waals surface area contributed by atoms with E-state index in [0.717, 1.165) is 28.1 Å². The topological polar surface area (TPSA) is 43.7 Å². The lowest BCUT2D eigenvalue weighted by Crippen LogP contribution is -2.31. The first kappa shape index (κ1) is 21.6. The first-order valence-corrected chi connectivity index (χ1v) is 11.5. The molecule has 1 aliphatic heterocycles. The van der Waals surface area contributed by atoms with Crippen LogP contribution in [-0.4, -0.2) is 28.6 Å². The lowest BCUT2D eigenvalue weighted by Gasteiger charge is -2.21. The Morgan fingerprint density at radius 1 is 0.824 bits per heavy atom. The SMILES string of the molecule is CCN(CC)C(=O)OC1=C(c2ccccc2-c2ccccc2)Oc2ccccc2-n2cccc21. The number of fused-ring (bicyclic) bond motifs is 3. The van der Waals surface area contributed by atoms with Crippen LogP contribution in [0.5, 0.6) is 5.75 Å². The maximum atomic E-state index is 13.1. The molecule has 0 atom stereocenters. The van der Waals surface area contributed by atoms with E-state index in [0.29, 0.717) is 30.4 Å². The number of para-hydroxylation sites is 2. The van der Waals surface area contributed by atoms with Crippen molar-refractivity contribution in [2.75, 3.05) is 13.1 Å². The minimum absolute atomic E-state index is 0.390. The van der Waals surface area contributed by atoms with Crippen molar-refractivity contribution in [3.8, 4) is 22.6 Å². The van der Waals surface area contributed by atoms with E-state index in [1.807, 2.05) is 97.4 Å². The van der Waals surface area contributed by atoms with Gasteiger partial charge in [-0.05, 0) is 49.2 Å². The summed E-state index contributed by atoms with van der Waals surface area (Å²) in [5.41, 5.74) is 4.53. The van der Waals surface area contributed by atoms with Crippen molar-refractivity contribution < 1.29 is 14.3 Å². The zero-order valence-corrected chi connectivity index (χ0v) is 19.3. The van der Waals surface area contributed by atoms with Gasteiger partial charge in [0, 0.05) is 24.8 Å². The van der Waals surface area contributed by atoms with Crippen LogP contribution in [0.25, 0.3) is 28.3 Å². The van der Waals surface area contributed by atoms with E-state index in [1.54, 1.807) is 4.90 Å². The van der Waals surface area contributed by atoms with Gasteiger partial charge in [0.15, 0.2) is 17.3 Å². The van der Waals surface area contributed by atoms with Crippen LogP contribution in [0.3, 0.4) is 0 Å². The molecule has 0 bridgehead atoms. The van der Waals surface area contributed by atoms with E-state index in [2.05, 4.69) is 18.2 Å². The molecule has 0 unspecified atom stereocenters. The van der Waals surface area contributed by atoms with Gasteiger partial charge in [-0.25, -0.2) is 4.79 Å². The van der Waals surface area contributed by atoms with Crippen molar-refractivity contribution in [2.45, 2.75) is 13.8 Å². The highest BCUT2D eigenvalue weighted by atomic mass is 16.6. The molecule has 4 aromatic rings. The number of rotatable bonds is 5. The van der Waals surface area contributed by atoms with E-state index in [9.17, 15) is 4.79 Å². The molecule has 0 aliphatic carbocycles. The van der Waals surface area contributed by atoms with Crippen molar-refractivity contribution >= 4 is 17.6 Å². The predicted octanol–water partition coefficient (Wildman–Crippen LogP) is 6.84. The van der Waals surface area contributed by atoms with Crippen molar-refractivity contribution in [1.82, 2.24) is 9.47 Å². The average molecular weight is 451 g/mol. The van der Waals surface area contributed by atoms with Gasteiger partial charge in [-0.1, -0.05) is 66.7 Å². The Balaban J connectivity index is 1.76. The first-order valence-electron chi connectivity index (χ1n) is 11.5. The van der Waals surface area contributed by atoms with Crippen LogP contribution < -0.4 is 4.74 Å². The Kier molecular flexibility index (Phi) is 5.91. The van der Waals surface area contributed by atoms with E-state index < -0.39 is 6.09 Å². The third-order valence-corrected chi connectivity index (χ3v) is 5.99. The van der Waals surface area contributed by atoms with Crippen molar-refractivity contribution in [2.24, 2.45) is 0 Å². The second-order valence-electron chi connectivity index (χ2n) is 7.94. The van der Waals surface area contributed by atoms with E-state index >= 15 is 0 Å².